The van der Waals surface area contributed by atoms with Gasteiger partial charge in [0.05, 0.1) is 0 Å². The molecular weight excluding hydrogens is 224 g/mol. The van der Waals surface area contributed by atoms with Crippen LogP contribution in [0.1, 0.15) is 53.9 Å². The summed E-state index contributed by atoms with van der Waals surface area (Å²) in [6.45, 7) is 10.5. The van der Waals surface area contributed by atoms with E-state index >= 15 is 0 Å². The Labute approximate surface area is 111 Å². The van der Waals surface area contributed by atoms with E-state index in [-0.39, 0.29) is 0 Å². The van der Waals surface area contributed by atoms with Crippen LogP contribution in [0.3, 0.4) is 0 Å². The van der Waals surface area contributed by atoms with Gasteiger partial charge >= 0.3 is 5.97 Å². The lowest BCUT2D eigenvalue weighted by molar-refractivity contribution is -0.131. The third-order valence-corrected chi connectivity index (χ3v) is 3.14. The van der Waals surface area contributed by atoms with Crippen LogP contribution in [-0.4, -0.2) is 11.1 Å². The molecule has 0 aliphatic heterocycles. The highest BCUT2D eigenvalue weighted by molar-refractivity contribution is 5.81. The number of carbonyl (C=O) groups is 1. The van der Waals surface area contributed by atoms with Crippen molar-refractivity contribution in [3.8, 4) is 0 Å². The quantitative estimate of drug-likeness (QED) is 0.402. The van der Waals surface area contributed by atoms with Crippen molar-refractivity contribution >= 4 is 5.97 Å². The smallest absolute Gasteiger partial charge is 0.328 e. The second-order valence-corrected chi connectivity index (χ2v) is 5.29. The molecule has 0 aromatic carbocycles. The molecule has 0 amide bonds. The molecule has 1 atom stereocenters. The van der Waals surface area contributed by atoms with E-state index in [1.54, 1.807) is 0 Å². The van der Waals surface area contributed by atoms with Crippen molar-refractivity contribution in [3.05, 3.63) is 34.9 Å². The molecule has 0 rings (SSSR count). The number of carboxylic acid groups (broad SMARTS) is 1. The molecule has 18 heavy (non-hydrogen) atoms. The molecule has 0 saturated heterocycles. The molecule has 0 saturated carbocycles. The molecule has 0 aliphatic rings. The van der Waals surface area contributed by atoms with Gasteiger partial charge in [-0.2, -0.15) is 0 Å². The Morgan fingerprint density at radius 1 is 1.22 bits per heavy atom. The molecule has 0 aliphatic carbocycles. The Morgan fingerprint density at radius 3 is 2.33 bits per heavy atom. The van der Waals surface area contributed by atoms with Crippen molar-refractivity contribution in [2.45, 2.75) is 53.9 Å². The van der Waals surface area contributed by atoms with Crippen molar-refractivity contribution in [3.63, 3.8) is 0 Å². The molecule has 0 heterocycles. The Balaban J connectivity index is 4.05. The molecule has 102 valence electrons. The Kier molecular flexibility index (Phi) is 8.10. The molecule has 1 unspecified atom stereocenters. The topological polar surface area (TPSA) is 37.3 Å². The van der Waals surface area contributed by atoms with Crippen molar-refractivity contribution in [1.29, 1.82) is 0 Å². The Hall–Kier alpha value is -1.31. The predicted octanol–water partition coefficient (Wildman–Crippen LogP) is 4.74. The standard InChI is InChI=1S/C16H26O2/c1-12(2)15(5)10-9-13(3)7-6-8-14(4)11-16(17)18/h6,8,11,13H,7,9-10H2,1-5H3,(H,17,18)/b8-6+,14-11+. The van der Waals surface area contributed by atoms with Gasteiger partial charge in [-0.05, 0) is 58.4 Å². The number of carboxylic acids is 1. The van der Waals surface area contributed by atoms with Gasteiger partial charge in [-0.15, -0.1) is 0 Å². The minimum atomic E-state index is -0.885. The van der Waals surface area contributed by atoms with Gasteiger partial charge in [0.15, 0.2) is 0 Å². The van der Waals surface area contributed by atoms with Gasteiger partial charge in [-0.3, -0.25) is 0 Å². The predicted molar refractivity (Wildman–Crippen MR) is 77.6 cm³/mol. The molecule has 0 spiro atoms. The van der Waals surface area contributed by atoms with Crippen molar-refractivity contribution in [1.82, 2.24) is 0 Å². The van der Waals surface area contributed by atoms with Gasteiger partial charge in [-0.1, -0.05) is 30.2 Å². The van der Waals surface area contributed by atoms with Gasteiger partial charge in [0, 0.05) is 6.08 Å². The average molecular weight is 250 g/mol. The molecule has 0 aromatic rings. The molecule has 0 fully saturated rings. The Morgan fingerprint density at radius 2 is 1.83 bits per heavy atom. The summed E-state index contributed by atoms with van der Waals surface area (Å²) in [6, 6.07) is 0. The summed E-state index contributed by atoms with van der Waals surface area (Å²) in [6.07, 6.45) is 8.52. The van der Waals surface area contributed by atoms with Crippen molar-refractivity contribution < 1.29 is 9.90 Å². The lowest BCUT2D eigenvalue weighted by Gasteiger charge is -2.09. The van der Waals surface area contributed by atoms with Gasteiger partial charge in [-0.25, -0.2) is 4.79 Å². The number of allylic oxidation sites excluding steroid dienone is 5. The summed E-state index contributed by atoms with van der Waals surface area (Å²) in [4.78, 5) is 10.4. The second-order valence-electron chi connectivity index (χ2n) is 5.29. The molecular formula is C16H26O2. The molecule has 2 heteroatoms. The summed E-state index contributed by atoms with van der Waals surface area (Å²) in [7, 11) is 0. The number of hydrogen-bond acceptors (Lipinski definition) is 1. The molecule has 0 aromatic heterocycles. The maximum Gasteiger partial charge on any atom is 0.328 e. The average Bonchev–Trinajstić information content (AvgIpc) is 2.24. The molecule has 2 nitrogen and oxygen atoms in total. The maximum atomic E-state index is 10.4. The lowest BCUT2D eigenvalue weighted by atomic mass is 9.97. The van der Waals surface area contributed by atoms with E-state index in [1.807, 2.05) is 13.0 Å². The minimum Gasteiger partial charge on any atom is -0.478 e. The van der Waals surface area contributed by atoms with E-state index in [1.165, 1.54) is 23.6 Å². The zero-order valence-electron chi connectivity index (χ0n) is 12.3. The first-order valence-electron chi connectivity index (χ1n) is 6.53. The highest BCUT2D eigenvalue weighted by Gasteiger charge is 2.01. The van der Waals surface area contributed by atoms with Crippen LogP contribution < -0.4 is 0 Å². The van der Waals surface area contributed by atoms with Crippen LogP contribution in [0.5, 0.6) is 0 Å². The monoisotopic (exact) mass is 250 g/mol. The van der Waals surface area contributed by atoms with Crippen LogP contribution in [-0.2, 0) is 4.79 Å². The van der Waals surface area contributed by atoms with Crippen LogP contribution in [0, 0.1) is 5.92 Å². The minimum absolute atomic E-state index is 0.633. The van der Waals surface area contributed by atoms with Crippen LogP contribution >= 0.6 is 0 Å². The molecule has 0 bridgehead atoms. The Bertz CT molecular complexity index is 355. The number of aliphatic carboxylic acids is 1. The van der Waals surface area contributed by atoms with Gasteiger partial charge in [0.2, 0.25) is 0 Å². The number of hydrogen-bond donors (Lipinski definition) is 1. The zero-order chi connectivity index (χ0) is 14.1. The van der Waals surface area contributed by atoms with Crippen LogP contribution in [0.15, 0.2) is 34.9 Å². The van der Waals surface area contributed by atoms with Crippen molar-refractivity contribution in [2.75, 3.05) is 0 Å². The first-order chi connectivity index (χ1) is 8.32. The van der Waals surface area contributed by atoms with Gasteiger partial charge < -0.3 is 5.11 Å². The lowest BCUT2D eigenvalue weighted by Crippen LogP contribution is -1.94. The SMILES string of the molecule is CC(C)=C(C)CCC(C)C/C=C/C(C)=C/C(=O)O. The number of rotatable bonds is 7. The van der Waals surface area contributed by atoms with Gasteiger partial charge in [0.25, 0.3) is 0 Å². The van der Waals surface area contributed by atoms with E-state index in [0.29, 0.717) is 5.92 Å². The summed E-state index contributed by atoms with van der Waals surface area (Å²) in [5, 5.41) is 8.57. The summed E-state index contributed by atoms with van der Waals surface area (Å²) in [5.41, 5.74) is 3.68. The summed E-state index contributed by atoms with van der Waals surface area (Å²) in [5.74, 6) is -0.252. The first kappa shape index (κ1) is 16.7. The highest BCUT2D eigenvalue weighted by Crippen LogP contribution is 2.17. The highest BCUT2D eigenvalue weighted by atomic mass is 16.4. The fourth-order valence-corrected chi connectivity index (χ4v) is 1.56. The van der Waals surface area contributed by atoms with E-state index in [4.69, 9.17) is 5.11 Å². The third-order valence-electron chi connectivity index (χ3n) is 3.14. The van der Waals surface area contributed by atoms with E-state index in [0.717, 1.165) is 18.4 Å². The van der Waals surface area contributed by atoms with E-state index in [2.05, 4.69) is 33.8 Å². The van der Waals surface area contributed by atoms with Crippen LogP contribution in [0.2, 0.25) is 0 Å². The van der Waals surface area contributed by atoms with Crippen LogP contribution in [0.25, 0.3) is 0 Å². The molecule has 1 N–H and O–H groups in total. The second kappa shape index (κ2) is 8.73. The molecule has 0 radical (unpaired) electrons. The van der Waals surface area contributed by atoms with Crippen LogP contribution in [0.4, 0.5) is 0 Å². The van der Waals surface area contributed by atoms with E-state index < -0.39 is 5.97 Å². The fourth-order valence-electron chi connectivity index (χ4n) is 1.56. The fraction of sp³-hybridized carbons (Fsp3) is 0.562. The zero-order valence-corrected chi connectivity index (χ0v) is 12.3. The summed E-state index contributed by atoms with van der Waals surface area (Å²) >= 11 is 0. The normalized spacial score (nSPS) is 13.7. The third kappa shape index (κ3) is 8.80. The maximum absolute atomic E-state index is 10.4. The van der Waals surface area contributed by atoms with Gasteiger partial charge in [0.1, 0.15) is 0 Å². The summed E-state index contributed by atoms with van der Waals surface area (Å²) < 4.78 is 0. The van der Waals surface area contributed by atoms with E-state index in [9.17, 15) is 4.79 Å². The largest absolute Gasteiger partial charge is 0.478 e. The van der Waals surface area contributed by atoms with Crippen molar-refractivity contribution in [2.24, 2.45) is 5.92 Å². The first-order valence-corrected chi connectivity index (χ1v) is 6.53.